The average molecular weight is 253 g/mol. The van der Waals surface area contributed by atoms with Crippen LogP contribution in [-0.2, 0) is 11.8 Å². The van der Waals surface area contributed by atoms with E-state index in [4.69, 9.17) is 5.11 Å². The molecule has 2 aromatic rings. The maximum absolute atomic E-state index is 10.4. The second-order valence-corrected chi connectivity index (χ2v) is 4.39. The fraction of sp³-hybridized carbons (Fsp3) is 0.333. The van der Waals surface area contributed by atoms with Crippen LogP contribution in [-0.4, -0.2) is 41.8 Å². The number of hydrogen-bond acceptors (Lipinski definition) is 5. The minimum Gasteiger partial charge on any atom is -0.481 e. The Balaban J connectivity index is 2.18. The molecule has 0 fully saturated rings. The summed E-state index contributed by atoms with van der Waals surface area (Å²) < 4.78 is 1.69. The molecule has 0 saturated heterocycles. The van der Waals surface area contributed by atoms with Crippen LogP contribution in [0.25, 0.3) is 11.4 Å². The first-order valence-electron chi connectivity index (χ1n) is 4.84. The van der Waals surface area contributed by atoms with Crippen LogP contribution >= 0.6 is 11.8 Å². The van der Waals surface area contributed by atoms with E-state index in [1.165, 1.54) is 0 Å². The van der Waals surface area contributed by atoms with E-state index in [-0.39, 0.29) is 5.75 Å². The predicted molar refractivity (Wildman–Crippen MR) is 61.7 cm³/mol. The summed E-state index contributed by atoms with van der Waals surface area (Å²) in [6, 6.07) is 0. The number of nitrogens with one attached hydrogen (secondary N) is 1. The van der Waals surface area contributed by atoms with Crippen molar-refractivity contribution in [1.29, 1.82) is 0 Å². The second-order valence-electron chi connectivity index (χ2n) is 3.45. The maximum atomic E-state index is 10.4. The zero-order valence-electron chi connectivity index (χ0n) is 9.34. The molecule has 0 amide bonds. The van der Waals surface area contributed by atoms with Gasteiger partial charge in [-0.2, -0.15) is 5.10 Å². The quantitative estimate of drug-likeness (QED) is 0.778. The van der Waals surface area contributed by atoms with Crippen molar-refractivity contribution >= 4 is 17.7 Å². The first kappa shape index (κ1) is 11.6. The number of hydrogen-bond donors (Lipinski definition) is 2. The van der Waals surface area contributed by atoms with E-state index in [2.05, 4.69) is 20.3 Å². The summed E-state index contributed by atoms with van der Waals surface area (Å²) >= 11 is 1.08. The Morgan fingerprint density at radius 1 is 1.65 bits per heavy atom. The van der Waals surface area contributed by atoms with Crippen molar-refractivity contribution in [2.75, 3.05) is 5.75 Å². The Labute approximate surface area is 101 Å². The number of H-pyrrole nitrogens is 1. The normalized spacial score (nSPS) is 10.7. The monoisotopic (exact) mass is 253 g/mol. The first-order valence-corrected chi connectivity index (χ1v) is 5.82. The van der Waals surface area contributed by atoms with Gasteiger partial charge in [0.05, 0.1) is 17.0 Å². The van der Waals surface area contributed by atoms with Crippen molar-refractivity contribution in [3.05, 3.63) is 11.9 Å². The van der Waals surface area contributed by atoms with E-state index in [0.29, 0.717) is 11.0 Å². The third kappa shape index (κ3) is 2.64. The van der Waals surface area contributed by atoms with Gasteiger partial charge in [-0.05, 0) is 6.92 Å². The third-order valence-electron chi connectivity index (χ3n) is 2.06. The fourth-order valence-corrected chi connectivity index (χ4v) is 1.91. The molecule has 0 radical (unpaired) electrons. The molecule has 2 aromatic heterocycles. The molecule has 2 N–H and O–H groups in total. The van der Waals surface area contributed by atoms with Crippen molar-refractivity contribution in [2.45, 2.75) is 12.1 Å². The van der Waals surface area contributed by atoms with Crippen LogP contribution in [0, 0.1) is 6.92 Å². The van der Waals surface area contributed by atoms with Gasteiger partial charge in [0, 0.05) is 13.2 Å². The predicted octanol–water partition coefficient (Wildman–Crippen LogP) is 0.690. The Kier molecular flexibility index (Phi) is 3.14. The molecule has 90 valence electrons. The Morgan fingerprint density at radius 3 is 3.00 bits per heavy atom. The first-order chi connectivity index (χ1) is 8.06. The Bertz CT molecular complexity index is 547. The number of rotatable bonds is 4. The van der Waals surface area contributed by atoms with E-state index in [1.807, 2.05) is 20.2 Å². The molecule has 0 atom stereocenters. The minimum atomic E-state index is -0.890. The number of aromatic nitrogens is 5. The molecule has 0 bridgehead atoms. The zero-order valence-corrected chi connectivity index (χ0v) is 10.2. The zero-order chi connectivity index (χ0) is 12.4. The summed E-state index contributed by atoms with van der Waals surface area (Å²) in [6.07, 6.45) is 1.83. The summed E-state index contributed by atoms with van der Waals surface area (Å²) in [7, 11) is 1.83. The molecule has 0 spiro atoms. The van der Waals surface area contributed by atoms with Gasteiger partial charge in [-0.25, -0.2) is 4.98 Å². The number of nitrogens with zero attached hydrogens (tertiary/aromatic N) is 4. The van der Waals surface area contributed by atoms with E-state index in [0.717, 1.165) is 23.0 Å². The molecule has 2 heterocycles. The molecule has 0 aliphatic rings. The highest BCUT2D eigenvalue weighted by Gasteiger charge is 2.12. The largest absolute Gasteiger partial charge is 0.481 e. The molecule has 0 aliphatic heterocycles. The van der Waals surface area contributed by atoms with Gasteiger partial charge in [-0.15, -0.1) is 5.10 Å². The van der Waals surface area contributed by atoms with E-state index in [9.17, 15) is 4.79 Å². The smallest absolute Gasteiger partial charge is 0.313 e. The lowest BCUT2D eigenvalue weighted by Gasteiger charge is -1.90. The van der Waals surface area contributed by atoms with Gasteiger partial charge in [0.2, 0.25) is 5.16 Å². The number of aryl methyl sites for hydroxylation is 2. The third-order valence-corrected chi connectivity index (χ3v) is 2.89. The molecular formula is C9H11N5O2S. The summed E-state index contributed by atoms with van der Waals surface area (Å²) in [5.41, 5.74) is 1.71. The van der Waals surface area contributed by atoms with Gasteiger partial charge in [0.1, 0.15) is 0 Å². The van der Waals surface area contributed by atoms with Gasteiger partial charge in [-0.3, -0.25) is 14.6 Å². The van der Waals surface area contributed by atoms with E-state index in [1.54, 1.807) is 4.68 Å². The van der Waals surface area contributed by atoms with Crippen LogP contribution in [0.3, 0.4) is 0 Å². The lowest BCUT2D eigenvalue weighted by atomic mass is 10.2. The molecule has 2 rings (SSSR count). The highest BCUT2D eigenvalue weighted by molar-refractivity contribution is 7.99. The topological polar surface area (TPSA) is 96.7 Å². The van der Waals surface area contributed by atoms with E-state index < -0.39 is 5.97 Å². The molecule has 17 heavy (non-hydrogen) atoms. The van der Waals surface area contributed by atoms with Crippen molar-refractivity contribution in [3.8, 4) is 11.4 Å². The maximum Gasteiger partial charge on any atom is 0.313 e. The van der Waals surface area contributed by atoms with Crippen LogP contribution in [0.4, 0.5) is 0 Å². The number of carbonyl (C=O) groups is 1. The highest BCUT2D eigenvalue weighted by atomic mass is 32.2. The van der Waals surface area contributed by atoms with Crippen LogP contribution in [0.15, 0.2) is 11.4 Å². The summed E-state index contributed by atoms with van der Waals surface area (Å²) in [4.78, 5) is 14.6. The SMILES string of the molecule is Cc1nn(C)cc1-c1nc(SCC(=O)O)n[nH]1. The number of carboxylic acids is 1. The highest BCUT2D eigenvalue weighted by Crippen LogP contribution is 2.21. The molecule has 0 aliphatic carbocycles. The molecule has 8 heteroatoms. The number of aromatic amines is 1. The average Bonchev–Trinajstić information content (AvgIpc) is 2.82. The lowest BCUT2D eigenvalue weighted by Crippen LogP contribution is -1.97. The van der Waals surface area contributed by atoms with E-state index >= 15 is 0 Å². The van der Waals surface area contributed by atoms with Crippen LogP contribution < -0.4 is 0 Å². The minimum absolute atomic E-state index is 0.0523. The van der Waals surface area contributed by atoms with Crippen LogP contribution in [0.1, 0.15) is 5.69 Å². The number of thioether (sulfide) groups is 1. The Hall–Kier alpha value is -1.83. The lowest BCUT2D eigenvalue weighted by molar-refractivity contribution is -0.133. The van der Waals surface area contributed by atoms with Crippen molar-refractivity contribution < 1.29 is 9.90 Å². The van der Waals surface area contributed by atoms with Crippen molar-refractivity contribution in [2.24, 2.45) is 7.05 Å². The standard InChI is InChI=1S/C9H11N5O2S/c1-5-6(3-14(2)13-5)8-10-9(12-11-8)17-4-7(15)16/h3H,4H2,1-2H3,(H,15,16)(H,10,11,12). The van der Waals surface area contributed by atoms with Gasteiger partial charge >= 0.3 is 5.97 Å². The molecule has 7 nitrogen and oxygen atoms in total. The van der Waals surface area contributed by atoms with Crippen LogP contribution in [0.2, 0.25) is 0 Å². The second kappa shape index (κ2) is 4.58. The molecule has 0 unspecified atom stereocenters. The van der Waals surface area contributed by atoms with Crippen molar-refractivity contribution in [3.63, 3.8) is 0 Å². The van der Waals surface area contributed by atoms with Gasteiger partial charge < -0.3 is 5.11 Å². The van der Waals surface area contributed by atoms with Gasteiger partial charge in [0.15, 0.2) is 5.82 Å². The summed E-state index contributed by atoms with van der Waals surface area (Å²) in [6.45, 7) is 1.88. The number of aliphatic carboxylic acids is 1. The number of carboxylic acid groups (broad SMARTS) is 1. The van der Waals surface area contributed by atoms with Gasteiger partial charge in [-0.1, -0.05) is 11.8 Å². The molecule has 0 aromatic carbocycles. The molecular weight excluding hydrogens is 242 g/mol. The van der Waals surface area contributed by atoms with Gasteiger partial charge in [0.25, 0.3) is 0 Å². The fourth-order valence-electron chi connectivity index (χ4n) is 1.39. The van der Waals surface area contributed by atoms with Crippen molar-refractivity contribution in [1.82, 2.24) is 25.0 Å². The summed E-state index contributed by atoms with van der Waals surface area (Å²) in [5, 5.41) is 19.9. The summed E-state index contributed by atoms with van der Waals surface area (Å²) in [5.74, 6) is -0.342. The Morgan fingerprint density at radius 2 is 2.41 bits per heavy atom. The van der Waals surface area contributed by atoms with Crippen LogP contribution in [0.5, 0.6) is 0 Å². The molecule has 0 saturated carbocycles.